The van der Waals surface area contributed by atoms with Crippen LogP contribution < -0.4 is 9.80 Å². The maximum atomic E-state index is 11.0. The Kier molecular flexibility index (Phi) is 5.94. The van der Waals surface area contributed by atoms with Crippen LogP contribution in [0.1, 0.15) is 0 Å². The number of non-ortho nitro benzene ring substituents is 1. The van der Waals surface area contributed by atoms with E-state index in [1.807, 2.05) is 54.6 Å². The predicted octanol–water partition coefficient (Wildman–Crippen LogP) is 5.98. The molecular formula is C28H23ClN6O2. The zero-order valence-electron chi connectivity index (χ0n) is 19.9. The standard InChI is InChI=1S/C28H23ClN6O2/c29-21-7-4-8-24(17-21)34-18-25(20-5-2-1-3-6-20)26-27(30-19-31-28(26)34)33-15-13-32(14-16-33)22-9-11-23(12-10-22)35(36)37/h1-12,17-19H,13-16H2. The number of benzene rings is 3. The van der Waals surface area contributed by atoms with E-state index in [0.717, 1.165) is 65.5 Å². The molecule has 0 unspecified atom stereocenters. The zero-order chi connectivity index (χ0) is 25.4. The topological polar surface area (TPSA) is 80.3 Å². The number of hydrogen-bond donors (Lipinski definition) is 0. The average molecular weight is 511 g/mol. The summed E-state index contributed by atoms with van der Waals surface area (Å²) >= 11 is 6.32. The highest BCUT2D eigenvalue weighted by molar-refractivity contribution is 6.30. The van der Waals surface area contributed by atoms with Crippen LogP contribution in [0.4, 0.5) is 17.2 Å². The number of nitro groups is 1. The lowest BCUT2D eigenvalue weighted by atomic mass is 10.1. The Labute approximate surface area is 218 Å². The van der Waals surface area contributed by atoms with Crippen LogP contribution >= 0.6 is 11.6 Å². The zero-order valence-corrected chi connectivity index (χ0v) is 20.6. The lowest BCUT2D eigenvalue weighted by molar-refractivity contribution is -0.384. The number of fused-ring (bicyclic) bond motifs is 1. The fraction of sp³-hybridized carbons (Fsp3) is 0.143. The summed E-state index contributed by atoms with van der Waals surface area (Å²) in [5.74, 6) is 0.896. The van der Waals surface area contributed by atoms with Gasteiger partial charge in [0.1, 0.15) is 12.1 Å². The Bertz CT molecular complexity index is 1580. The first-order valence-electron chi connectivity index (χ1n) is 12.0. The second-order valence-electron chi connectivity index (χ2n) is 8.90. The largest absolute Gasteiger partial charge is 0.368 e. The van der Waals surface area contributed by atoms with Crippen LogP contribution in [-0.2, 0) is 0 Å². The number of nitro benzene ring substituents is 1. The van der Waals surface area contributed by atoms with E-state index < -0.39 is 0 Å². The Morgan fingerprint density at radius 2 is 1.54 bits per heavy atom. The van der Waals surface area contributed by atoms with Crippen molar-refractivity contribution >= 4 is 39.8 Å². The Balaban J connectivity index is 1.37. The van der Waals surface area contributed by atoms with Gasteiger partial charge in [-0.15, -0.1) is 0 Å². The molecule has 3 aromatic carbocycles. The van der Waals surface area contributed by atoms with Gasteiger partial charge < -0.3 is 14.4 Å². The van der Waals surface area contributed by atoms with Crippen molar-refractivity contribution in [1.29, 1.82) is 0 Å². The third kappa shape index (κ3) is 4.36. The van der Waals surface area contributed by atoms with Crippen molar-refractivity contribution in [1.82, 2.24) is 14.5 Å². The molecule has 0 aliphatic carbocycles. The summed E-state index contributed by atoms with van der Waals surface area (Å²) in [6, 6.07) is 24.8. The smallest absolute Gasteiger partial charge is 0.269 e. The highest BCUT2D eigenvalue weighted by Gasteiger charge is 2.24. The molecule has 0 amide bonds. The van der Waals surface area contributed by atoms with Gasteiger partial charge in [0.15, 0.2) is 5.65 Å². The van der Waals surface area contributed by atoms with E-state index in [-0.39, 0.29) is 10.6 Å². The first kappa shape index (κ1) is 23.0. The molecule has 0 saturated carbocycles. The molecule has 2 aromatic heterocycles. The van der Waals surface area contributed by atoms with E-state index in [4.69, 9.17) is 21.6 Å². The molecule has 0 N–H and O–H groups in total. The highest BCUT2D eigenvalue weighted by Crippen LogP contribution is 2.37. The van der Waals surface area contributed by atoms with Crippen molar-refractivity contribution in [3.8, 4) is 16.8 Å². The summed E-state index contributed by atoms with van der Waals surface area (Å²) in [4.78, 5) is 24.6. The Morgan fingerprint density at radius 1 is 0.811 bits per heavy atom. The summed E-state index contributed by atoms with van der Waals surface area (Å²) in [5, 5.41) is 12.7. The molecule has 3 heterocycles. The van der Waals surface area contributed by atoms with Gasteiger partial charge in [-0.2, -0.15) is 0 Å². The molecule has 37 heavy (non-hydrogen) atoms. The third-order valence-electron chi connectivity index (χ3n) is 6.74. The molecule has 1 fully saturated rings. The van der Waals surface area contributed by atoms with E-state index in [0.29, 0.717) is 5.02 Å². The van der Waals surface area contributed by atoms with Gasteiger partial charge in [-0.25, -0.2) is 9.97 Å². The minimum absolute atomic E-state index is 0.100. The van der Waals surface area contributed by atoms with E-state index in [2.05, 4.69) is 32.7 Å². The van der Waals surface area contributed by atoms with Crippen molar-refractivity contribution in [2.45, 2.75) is 0 Å². The highest BCUT2D eigenvalue weighted by atomic mass is 35.5. The second kappa shape index (κ2) is 9.55. The number of nitrogens with zero attached hydrogens (tertiary/aromatic N) is 6. The molecule has 0 bridgehead atoms. The van der Waals surface area contributed by atoms with E-state index >= 15 is 0 Å². The number of halogens is 1. The van der Waals surface area contributed by atoms with Gasteiger partial charge in [0.05, 0.1) is 10.3 Å². The minimum atomic E-state index is -0.373. The summed E-state index contributed by atoms with van der Waals surface area (Å²) in [6.45, 7) is 3.08. The third-order valence-corrected chi connectivity index (χ3v) is 6.97. The normalized spacial score (nSPS) is 13.8. The molecule has 0 radical (unpaired) electrons. The molecule has 0 atom stereocenters. The minimum Gasteiger partial charge on any atom is -0.368 e. The van der Waals surface area contributed by atoms with Crippen molar-refractivity contribution in [3.63, 3.8) is 0 Å². The predicted molar refractivity (Wildman–Crippen MR) is 147 cm³/mol. The fourth-order valence-corrected chi connectivity index (χ4v) is 5.09. The van der Waals surface area contributed by atoms with E-state index in [1.165, 1.54) is 0 Å². The fourth-order valence-electron chi connectivity index (χ4n) is 4.91. The second-order valence-corrected chi connectivity index (χ2v) is 9.34. The van der Waals surface area contributed by atoms with Crippen LogP contribution in [0, 0.1) is 10.1 Å². The molecule has 1 aliphatic rings. The molecule has 6 rings (SSSR count). The van der Waals surface area contributed by atoms with E-state index in [1.54, 1.807) is 18.5 Å². The van der Waals surface area contributed by atoms with Gasteiger partial charge in [-0.3, -0.25) is 10.1 Å². The molecule has 184 valence electrons. The quantitative estimate of drug-likeness (QED) is 0.214. The maximum absolute atomic E-state index is 11.0. The lowest BCUT2D eigenvalue weighted by Gasteiger charge is -2.37. The van der Waals surface area contributed by atoms with Gasteiger partial charge in [0.25, 0.3) is 5.69 Å². The van der Waals surface area contributed by atoms with Crippen LogP contribution in [0.25, 0.3) is 27.8 Å². The van der Waals surface area contributed by atoms with Crippen molar-refractivity contribution < 1.29 is 4.92 Å². The molecule has 8 nitrogen and oxygen atoms in total. The first-order chi connectivity index (χ1) is 18.1. The van der Waals surface area contributed by atoms with Crippen LogP contribution in [0.5, 0.6) is 0 Å². The SMILES string of the molecule is O=[N+]([O-])c1ccc(N2CCN(c3ncnc4c3c(-c3ccccc3)cn4-c3cccc(Cl)c3)CC2)cc1. The molecule has 9 heteroatoms. The summed E-state index contributed by atoms with van der Waals surface area (Å²) in [6.07, 6.45) is 3.73. The number of anilines is 2. The molecule has 5 aromatic rings. The van der Waals surface area contributed by atoms with Gasteiger partial charge in [0, 0.05) is 66.5 Å². The summed E-state index contributed by atoms with van der Waals surface area (Å²) < 4.78 is 2.07. The average Bonchev–Trinajstić information content (AvgIpc) is 3.34. The van der Waals surface area contributed by atoms with Crippen molar-refractivity contribution in [2.24, 2.45) is 0 Å². The molecule has 0 spiro atoms. The van der Waals surface area contributed by atoms with Gasteiger partial charge in [-0.05, 0) is 35.9 Å². The number of hydrogen-bond acceptors (Lipinski definition) is 6. The van der Waals surface area contributed by atoms with Gasteiger partial charge >= 0.3 is 0 Å². The molecule has 1 aliphatic heterocycles. The van der Waals surface area contributed by atoms with Gasteiger partial charge in [0.2, 0.25) is 0 Å². The Morgan fingerprint density at radius 3 is 2.24 bits per heavy atom. The summed E-state index contributed by atoms with van der Waals surface area (Å²) in [7, 11) is 0. The van der Waals surface area contributed by atoms with Crippen LogP contribution in [0.2, 0.25) is 5.02 Å². The van der Waals surface area contributed by atoms with Gasteiger partial charge in [-0.1, -0.05) is 48.0 Å². The van der Waals surface area contributed by atoms with Crippen LogP contribution in [-0.4, -0.2) is 45.6 Å². The summed E-state index contributed by atoms with van der Waals surface area (Å²) in [5.41, 5.74) is 4.99. The van der Waals surface area contributed by atoms with E-state index in [9.17, 15) is 10.1 Å². The monoisotopic (exact) mass is 510 g/mol. The molecular weight excluding hydrogens is 488 g/mol. The van der Waals surface area contributed by atoms with Crippen LogP contribution in [0.3, 0.4) is 0 Å². The number of piperazine rings is 1. The van der Waals surface area contributed by atoms with Crippen molar-refractivity contribution in [3.05, 3.63) is 107 Å². The molecule has 1 saturated heterocycles. The maximum Gasteiger partial charge on any atom is 0.269 e. The van der Waals surface area contributed by atoms with Crippen LogP contribution in [0.15, 0.2) is 91.4 Å². The number of aromatic nitrogens is 3. The Hall–Kier alpha value is -4.43. The number of rotatable bonds is 5. The first-order valence-corrected chi connectivity index (χ1v) is 12.4. The lowest BCUT2D eigenvalue weighted by Crippen LogP contribution is -2.46. The van der Waals surface area contributed by atoms with Crippen molar-refractivity contribution in [2.75, 3.05) is 36.0 Å².